The van der Waals surface area contributed by atoms with Crippen molar-refractivity contribution in [2.75, 3.05) is 0 Å². The molecule has 1 aromatic heterocycles. The first kappa shape index (κ1) is 14.9. The molecule has 0 unspecified atom stereocenters. The molecule has 1 amide bonds. The van der Waals surface area contributed by atoms with Crippen LogP contribution in [0.15, 0.2) is 0 Å². The number of hydrogen-bond donors (Lipinski definition) is 2. The Morgan fingerprint density at radius 2 is 2.12 bits per heavy atom. The average molecular weight is 247 g/mol. The largest absolute Gasteiger partial charge is 0.351 e. The van der Waals surface area contributed by atoms with Crippen LogP contribution < -0.4 is 11.1 Å². The molecule has 5 nitrogen and oxygen atoms in total. The molecule has 3 N–H and O–H groups in total. The van der Waals surface area contributed by atoms with Crippen LogP contribution in [0.3, 0.4) is 0 Å². The number of hydrogen-bond acceptors (Lipinski definition) is 3. The lowest BCUT2D eigenvalue weighted by Crippen LogP contribution is -2.38. The molecule has 0 fully saturated rings. The second kappa shape index (κ2) is 5.86. The highest BCUT2D eigenvalue weighted by Crippen LogP contribution is 2.10. The van der Waals surface area contributed by atoms with E-state index in [2.05, 4.69) is 10.4 Å². The number of rotatable bonds is 3. The zero-order valence-electron chi connectivity index (χ0n) is 10.1. The van der Waals surface area contributed by atoms with Gasteiger partial charge in [0, 0.05) is 24.8 Å². The Kier molecular flexibility index (Phi) is 5.47. The molecule has 1 rings (SSSR count). The number of aryl methyl sites for hydroxylation is 2. The molecule has 0 aromatic carbocycles. The third-order valence-electron chi connectivity index (χ3n) is 2.51. The summed E-state index contributed by atoms with van der Waals surface area (Å²) in [5.74, 6) is -0.141. The highest BCUT2D eigenvalue weighted by Gasteiger charge is 2.11. The first-order valence-corrected chi connectivity index (χ1v) is 4.96. The van der Waals surface area contributed by atoms with Crippen molar-refractivity contribution in [3.05, 3.63) is 17.0 Å². The van der Waals surface area contributed by atoms with Gasteiger partial charge in [-0.25, -0.2) is 0 Å². The third-order valence-corrected chi connectivity index (χ3v) is 2.51. The zero-order valence-corrected chi connectivity index (χ0v) is 10.9. The standard InChI is InChI=1S/C10H18N4O.ClH/c1-6(11)10(15)12-5-9-7(2)13-14(4)8(9)3;/h6H,5,11H2,1-4H3,(H,12,15);1H/t6-;/m0./s1. The number of carbonyl (C=O) groups is 1. The van der Waals surface area contributed by atoms with E-state index >= 15 is 0 Å². The third kappa shape index (κ3) is 3.21. The van der Waals surface area contributed by atoms with Crippen LogP contribution in [0.4, 0.5) is 0 Å². The smallest absolute Gasteiger partial charge is 0.236 e. The van der Waals surface area contributed by atoms with Crippen molar-refractivity contribution in [1.29, 1.82) is 0 Å². The fourth-order valence-corrected chi connectivity index (χ4v) is 1.41. The SMILES string of the molecule is Cc1nn(C)c(C)c1CNC(=O)[C@H](C)N.Cl. The van der Waals surface area contributed by atoms with Crippen molar-refractivity contribution in [3.63, 3.8) is 0 Å². The number of nitrogens with two attached hydrogens (primary N) is 1. The van der Waals surface area contributed by atoms with Gasteiger partial charge in [-0.15, -0.1) is 12.4 Å². The minimum absolute atomic E-state index is 0. The number of nitrogens with zero attached hydrogens (tertiary/aromatic N) is 2. The molecule has 0 aliphatic heterocycles. The summed E-state index contributed by atoms with van der Waals surface area (Å²) in [5, 5.41) is 7.04. The van der Waals surface area contributed by atoms with Crippen molar-refractivity contribution in [1.82, 2.24) is 15.1 Å². The minimum Gasteiger partial charge on any atom is -0.351 e. The Labute approximate surface area is 102 Å². The Morgan fingerprint density at radius 3 is 2.50 bits per heavy atom. The van der Waals surface area contributed by atoms with Crippen molar-refractivity contribution in [2.24, 2.45) is 12.8 Å². The van der Waals surface area contributed by atoms with E-state index in [1.54, 1.807) is 6.92 Å². The van der Waals surface area contributed by atoms with E-state index in [0.29, 0.717) is 6.54 Å². The number of halogens is 1. The Bertz CT molecular complexity index is 373. The van der Waals surface area contributed by atoms with Crippen LogP contribution in [0.1, 0.15) is 23.9 Å². The second-order valence-corrected chi connectivity index (χ2v) is 3.78. The fraction of sp³-hybridized carbons (Fsp3) is 0.600. The molecule has 0 spiro atoms. The molecule has 92 valence electrons. The first-order chi connectivity index (χ1) is 6.93. The van der Waals surface area contributed by atoms with Crippen molar-refractivity contribution >= 4 is 18.3 Å². The molecule has 6 heteroatoms. The Hall–Kier alpha value is -1.07. The van der Waals surface area contributed by atoms with Gasteiger partial charge in [0.2, 0.25) is 5.91 Å². The van der Waals surface area contributed by atoms with Gasteiger partial charge in [-0.05, 0) is 20.8 Å². The molecule has 1 aromatic rings. The molecule has 0 aliphatic carbocycles. The summed E-state index contributed by atoms with van der Waals surface area (Å²) in [7, 11) is 1.89. The van der Waals surface area contributed by atoms with Crippen LogP contribution in [-0.4, -0.2) is 21.7 Å². The molecule has 0 bridgehead atoms. The highest BCUT2D eigenvalue weighted by molar-refractivity contribution is 5.85. The van der Waals surface area contributed by atoms with Crippen molar-refractivity contribution < 1.29 is 4.79 Å². The van der Waals surface area contributed by atoms with Crippen LogP contribution >= 0.6 is 12.4 Å². The highest BCUT2D eigenvalue weighted by atomic mass is 35.5. The topological polar surface area (TPSA) is 72.9 Å². The summed E-state index contributed by atoms with van der Waals surface area (Å²) in [6.45, 7) is 6.07. The number of carbonyl (C=O) groups excluding carboxylic acids is 1. The predicted molar refractivity (Wildman–Crippen MR) is 65.4 cm³/mol. The van der Waals surface area contributed by atoms with Gasteiger partial charge in [0.1, 0.15) is 0 Å². The van der Waals surface area contributed by atoms with E-state index in [4.69, 9.17) is 5.73 Å². The van der Waals surface area contributed by atoms with E-state index in [0.717, 1.165) is 17.0 Å². The molecule has 1 atom stereocenters. The number of amides is 1. The van der Waals surface area contributed by atoms with Gasteiger partial charge in [-0.3, -0.25) is 9.48 Å². The van der Waals surface area contributed by atoms with E-state index in [9.17, 15) is 4.79 Å². The fourth-order valence-electron chi connectivity index (χ4n) is 1.41. The summed E-state index contributed by atoms with van der Waals surface area (Å²) in [6, 6.07) is -0.470. The molecule has 0 saturated carbocycles. The molecular weight excluding hydrogens is 228 g/mol. The van der Waals surface area contributed by atoms with Gasteiger partial charge in [0.25, 0.3) is 0 Å². The quantitative estimate of drug-likeness (QED) is 0.812. The molecule has 1 heterocycles. The average Bonchev–Trinajstić information content (AvgIpc) is 2.38. The normalized spacial score (nSPS) is 11.8. The summed E-state index contributed by atoms with van der Waals surface area (Å²) < 4.78 is 1.81. The van der Waals surface area contributed by atoms with E-state index < -0.39 is 6.04 Å². The van der Waals surface area contributed by atoms with Gasteiger partial charge in [0.05, 0.1) is 11.7 Å². The molecule has 0 radical (unpaired) electrons. The maximum atomic E-state index is 11.3. The van der Waals surface area contributed by atoms with Gasteiger partial charge < -0.3 is 11.1 Å². The van der Waals surface area contributed by atoms with E-state index in [1.165, 1.54) is 0 Å². The first-order valence-electron chi connectivity index (χ1n) is 4.96. The van der Waals surface area contributed by atoms with Crippen LogP contribution in [0.2, 0.25) is 0 Å². The summed E-state index contributed by atoms with van der Waals surface area (Å²) in [5.41, 5.74) is 8.52. The van der Waals surface area contributed by atoms with Crippen LogP contribution in [0.25, 0.3) is 0 Å². The van der Waals surface area contributed by atoms with Crippen molar-refractivity contribution in [3.8, 4) is 0 Å². The van der Waals surface area contributed by atoms with Gasteiger partial charge in [-0.2, -0.15) is 5.10 Å². The lowest BCUT2D eigenvalue weighted by molar-refractivity contribution is -0.122. The lowest BCUT2D eigenvalue weighted by Gasteiger charge is -2.07. The number of aromatic nitrogens is 2. The van der Waals surface area contributed by atoms with E-state index in [1.807, 2.05) is 25.6 Å². The molecule has 0 saturated heterocycles. The van der Waals surface area contributed by atoms with E-state index in [-0.39, 0.29) is 18.3 Å². The summed E-state index contributed by atoms with van der Waals surface area (Å²) in [4.78, 5) is 11.3. The predicted octanol–water partition coefficient (Wildman–Crippen LogP) is 0.422. The van der Waals surface area contributed by atoms with Gasteiger partial charge in [0.15, 0.2) is 0 Å². The van der Waals surface area contributed by atoms with Gasteiger partial charge >= 0.3 is 0 Å². The zero-order chi connectivity index (χ0) is 11.6. The molecular formula is C10H19ClN4O. The molecule has 16 heavy (non-hydrogen) atoms. The van der Waals surface area contributed by atoms with Crippen LogP contribution in [0, 0.1) is 13.8 Å². The maximum absolute atomic E-state index is 11.3. The summed E-state index contributed by atoms with van der Waals surface area (Å²) in [6.07, 6.45) is 0. The van der Waals surface area contributed by atoms with Crippen LogP contribution in [-0.2, 0) is 18.4 Å². The maximum Gasteiger partial charge on any atom is 0.236 e. The van der Waals surface area contributed by atoms with Crippen molar-refractivity contribution in [2.45, 2.75) is 33.4 Å². The minimum atomic E-state index is -0.470. The monoisotopic (exact) mass is 246 g/mol. The van der Waals surface area contributed by atoms with Crippen LogP contribution in [0.5, 0.6) is 0 Å². The Balaban J connectivity index is 0.00000225. The second-order valence-electron chi connectivity index (χ2n) is 3.78. The number of nitrogens with one attached hydrogen (secondary N) is 1. The van der Waals surface area contributed by atoms with Gasteiger partial charge in [-0.1, -0.05) is 0 Å². The Morgan fingerprint density at radius 1 is 1.56 bits per heavy atom. The summed E-state index contributed by atoms with van der Waals surface area (Å²) >= 11 is 0. The lowest BCUT2D eigenvalue weighted by atomic mass is 10.2. The molecule has 0 aliphatic rings.